The highest BCUT2D eigenvalue weighted by Gasteiger charge is 2.30. The Hall–Kier alpha value is -2.58. The molecule has 0 spiro atoms. The zero-order valence-electron chi connectivity index (χ0n) is 17.7. The van der Waals surface area contributed by atoms with Crippen LogP contribution in [0.2, 0.25) is 0 Å². The number of thiazole rings is 1. The number of aromatic nitrogens is 3. The summed E-state index contributed by atoms with van der Waals surface area (Å²) in [6.45, 7) is 8.07. The minimum absolute atomic E-state index is 0.00327. The number of nitrogens with zero attached hydrogens (tertiary/aromatic N) is 5. The van der Waals surface area contributed by atoms with E-state index in [1.54, 1.807) is 12.4 Å². The van der Waals surface area contributed by atoms with Gasteiger partial charge in [-0.15, -0.1) is 11.3 Å². The first-order chi connectivity index (χ1) is 14.5. The summed E-state index contributed by atoms with van der Waals surface area (Å²) >= 11 is 1.48. The van der Waals surface area contributed by atoms with E-state index in [2.05, 4.69) is 47.2 Å². The third-order valence-corrected chi connectivity index (χ3v) is 6.37. The van der Waals surface area contributed by atoms with Gasteiger partial charge in [-0.25, -0.2) is 14.7 Å². The molecule has 158 valence electrons. The second kappa shape index (κ2) is 9.06. The van der Waals surface area contributed by atoms with Crippen LogP contribution in [-0.2, 0) is 0 Å². The summed E-state index contributed by atoms with van der Waals surface area (Å²) in [6.07, 6.45) is 13.5. The van der Waals surface area contributed by atoms with Crippen molar-refractivity contribution in [3.63, 3.8) is 0 Å². The molecule has 2 aliphatic heterocycles. The second-order valence-electron chi connectivity index (χ2n) is 8.06. The van der Waals surface area contributed by atoms with E-state index in [-0.39, 0.29) is 23.9 Å². The quantitative estimate of drug-likeness (QED) is 0.814. The molecule has 2 aromatic heterocycles. The largest absolute Gasteiger partial charge is 0.331 e. The predicted octanol–water partition coefficient (Wildman–Crippen LogP) is 3.58. The van der Waals surface area contributed by atoms with Gasteiger partial charge in [0, 0.05) is 47.9 Å². The lowest BCUT2D eigenvalue weighted by atomic mass is 10.1. The minimum atomic E-state index is 0.00327. The molecule has 4 rings (SSSR count). The lowest BCUT2D eigenvalue weighted by Gasteiger charge is -2.31. The number of amides is 1. The normalized spacial score (nSPS) is 23.7. The molecule has 0 bridgehead atoms. The third kappa shape index (κ3) is 4.29. The average molecular weight is 425 g/mol. The predicted molar refractivity (Wildman–Crippen MR) is 121 cm³/mol. The molecule has 0 saturated carbocycles. The maximum atomic E-state index is 13.2. The van der Waals surface area contributed by atoms with Crippen molar-refractivity contribution in [2.45, 2.75) is 45.7 Å². The molecule has 0 aliphatic carbocycles. The Kier molecular flexibility index (Phi) is 6.24. The van der Waals surface area contributed by atoms with Crippen molar-refractivity contribution in [2.75, 3.05) is 13.1 Å². The van der Waals surface area contributed by atoms with Crippen LogP contribution in [0.5, 0.6) is 0 Å². The number of nitrogens with one attached hydrogen (secondary N) is 1. The minimum Gasteiger partial charge on any atom is -0.331 e. The van der Waals surface area contributed by atoms with E-state index in [1.165, 1.54) is 11.3 Å². The van der Waals surface area contributed by atoms with Crippen LogP contribution < -0.4 is 5.32 Å². The number of allylic oxidation sites excluding steroid dienone is 3. The van der Waals surface area contributed by atoms with Crippen LogP contribution in [0.25, 0.3) is 10.6 Å². The summed E-state index contributed by atoms with van der Waals surface area (Å²) in [5.41, 5.74) is 1.40. The molecular weight excluding hydrogens is 396 g/mol. The molecule has 0 aromatic carbocycles. The molecule has 2 aliphatic rings. The van der Waals surface area contributed by atoms with Crippen LogP contribution in [0.15, 0.2) is 47.2 Å². The Morgan fingerprint density at radius 1 is 1.37 bits per heavy atom. The molecule has 1 amide bonds. The third-order valence-electron chi connectivity index (χ3n) is 5.48. The van der Waals surface area contributed by atoms with Gasteiger partial charge in [0.25, 0.3) is 5.91 Å². The molecule has 2 atom stereocenters. The first kappa shape index (κ1) is 20.7. The van der Waals surface area contributed by atoms with Gasteiger partial charge >= 0.3 is 0 Å². The fourth-order valence-electron chi connectivity index (χ4n) is 3.94. The Morgan fingerprint density at radius 2 is 2.23 bits per heavy atom. The fraction of sp³-hybridized carbons (Fsp3) is 0.455. The van der Waals surface area contributed by atoms with Gasteiger partial charge in [-0.1, -0.05) is 19.1 Å². The van der Waals surface area contributed by atoms with E-state index in [1.807, 2.05) is 33.3 Å². The van der Waals surface area contributed by atoms with Crippen molar-refractivity contribution in [1.82, 2.24) is 25.0 Å². The SMILES string of the molecule is CC(C)N(C(=O)c1csc(-c2cnn(C3=N/C=C\C=C\C[C@H]3C)c2)n1)[C@@H]1CCNC1. The first-order valence-corrected chi connectivity index (χ1v) is 11.4. The van der Waals surface area contributed by atoms with Crippen molar-refractivity contribution in [3.8, 4) is 10.6 Å². The van der Waals surface area contributed by atoms with E-state index in [0.29, 0.717) is 5.69 Å². The van der Waals surface area contributed by atoms with E-state index in [4.69, 9.17) is 0 Å². The zero-order valence-corrected chi connectivity index (χ0v) is 18.5. The van der Waals surface area contributed by atoms with Gasteiger partial charge in [0.05, 0.1) is 6.20 Å². The summed E-state index contributed by atoms with van der Waals surface area (Å²) in [5.74, 6) is 1.16. The molecule has 30 heavy (non-hydrogen) atoms. The monoisotopic (exact) mass is 424 g/mol. The molecule has 0 unspecified atom stereocenters. The molecule has 2 aromatic rings. The highest BCUT2D eigenvalue weighted by Crippen LogP contribution is 2.26. The molecule has 4 heterocycles. The number of hydrogen-bond acceptors (Lipinski definition) is 6. The Morgan fingerprint density at radius 3 is 3.00 bits per heavy atom. The van der Waals surface area contributed by atoms with E-state index in [9.17, 15) is 4.79 Å². The van der Waals surface area contributed by atoms with Crippen LogP contribution in [0.3, 0.4) is 0 Å². The van der Waals surface area contributed by atoms with Crippen LogP contribution in [0.1, 0.15) is 44.1 Å². The Balaban J connectivity index is 1.55. The van der Waals surface area contributed by atoms with Gasteiger partial charge in [-0.2, -0.15) is 5.10 Å². The van der Waals surface area contributed by atoms with Gasteiger partial charge < -0.3 is 10.2 Å². The topological polar surface area (TPSA) is 75.4 Å². The molecule has 1 saturated heterocycles. The summed E-state index contributed by atoms with van der Waals surface area (Å²) in [7, 11) is 0. The Bertz CT molecular complexity index is 979. The summed E-state index contributed by atoms with van der Waals surface area (Å²) in [5, 5.41) is 10.5. The zero-order chi connectivity index (χ0) is 21.1. The molecular formula is C22H28N6OS. The number of rotatable bonds is 4. The number of hydrogen-bond donors (Lipinski definition) is 1. The number of carbonyl (C=O) groups is 1. The summed E-state index contributed by atoms with van der Waals surface area (Å²) in [4.78, 5) is 24.4. The molecule has 7 nitrogen and oxygen atoms in total. The van der Waals surface area contributed by atoms with E-state index < -0.39 is 0 Å². The van der Waals surface area contributed by atoms with Crippen LogP contribution >= 0.6 is 11.3 Å². The van der Waals surface area contributed by atoms with E-state index >= 15 is 0 Å². The first-order valence-electron chi connectivity index (χ1n) is 10.5. The smallest absolute Gasteiger partial charge is 0.273 e. The van der Waals surface area contributed by atoms with Crippen molar-refractivity contribution < 1.29 is 4.79 Å². The van der Waals surface area contributed by atoms with Gasteiger partial charge in [-0.05, 0) is 39.3 Å². The van der Waals surface area contributed by atoms with Gasteiger partial charge in [0.1, 0.15) is 16.5 Å². The molecule has 8 heteroatoms. The highest BCUT2D eigenvalue weighted by molar-refractivity contribution is 7.13. The van der Waals surface area contributed by atoms with Crippen LogP contribution in [0, 0.1) is 5.92 Å². The highest BCUT2D eigenvalue weighted by atomic mass is 32.1. The second-order valence-corrected chi connectivity index (χ2v) is 8.92. The lowest BCUT2D eigenvalue weighted by molar-refractivity contribution is 0.0621. The number of carbonyl (C=O) groups excluding carboxylic acids is 1. The Labute approximate surface area is 181 Å². The van der Waals surface area contributed by atoms with Crippen molar-refractivity contribution in [2.24, 2.45) is 10.9 Å². The molecule has 1 N–H and O–H groups in total. The van der Waals surface area contributed by atoms with Gasteiger partial charge in [0.15, 0.2) is 0 Å². The lowest BCUT2D eigenvalue weighted by Crippen LogP contribution is -2.46. The maximum Gasteiger partial charge on any atom is 0.273 e. The van der Waals surface area contributed by atoms with Crippen LogP contribution in [-0.4, -0.2) is 56.6 Å². The molecule has 0 radical (unpaired) electrons. The van der Waals surface area contributed by atoms with Crippen LogP contribution in [0.4, 0.5) is 0 Å². The van der Waals surface area contributed by atoms with Gasteiger partial charge in [-0.3, -0.25) is 4.79 Å². The average Bonchev–Trinajstić information content (AvgIpc) is 3.45. The number of aliphatic imine (C=N–C) groups is 1. The molecule has 1 fully saturated rings. The fourth-order valence-corrected chi connectivity index (χ4v) is 4.71. The van der Waals surface area contributed by atoms with E-state index in [0.717, 1.165) is 42.3 Å². The maximum absolute atomic E-state index is 13.2. The standard InChI is InChI=1S/C22H28N6OS/c1-15(2)28(18-8-10-23-12-18)22(29)19-14-30-21(26-19)17-11-25-27(13-17)20-16(3)7-5-4-6-9-24-20/h4-6,9,11,13-16,18,23H,7-8,10,12H2,1-3H3/b5-4+,9-6-,24-20?/t16-,18-/m1/s1. The van der Waals surface area contributed by atoms with Crippen molar-refractivity contribution in [1.29, 1.82) is 0 Å². The van der Waals surface area contributed by atoms with Gasteiger partial charge in [0.2, 0.25) is 0 Å². The summed E-state index contributed by atoms with van der Waals surface area (Å²) in [6, 6.07) is 0.363. The van der Waals surface area contributed by atoms with Crippen molar-refractivity contribution in [3.05, 3.63) is 47.9 Å². The van der Waals surface area contributed by atoms with Crippen molar-refractivity contribution >= 4 is 23.1 Å². The summed E-state index contributed by atoms with van der Waals surface area (Å²) < 4.78 is 1.82.